The highest BCUT2D eigenvalue weighted by molar-refractivity contribution is 5.76. The molecule has 0 saturated carbocycles. The fraction of sp³-hybridized carbons (Fsp3) is 0.900. The Morgan fingerprint density at radius 1 is 1.23 bits per heavy atom. The lowest BCUT2D eigenvalue weighted by Crippen LogP contribution is -2.43. The standard InChI is InChI=1S/C10H18O3/c1-8(2)6-10(5,7(11)12)9(3,4)13-8/h6H2,1-5H3,(H,11,12)/t10-/m0/s1. The lowest BCUT2D eigenvalue weighted by molar-refractivity contribution is -0.158. The quantitative estimate of drug-likeness (QED) is 0.681. The van der Waals surface area contributed by atoms with Crippen LogP contribution in [0.3, 0.4) is 0 Å². The van der Waals surface area contributed by atoms with Crippen molar-refractivity contribution in [2.75, 3.05) is 0 Å². The summed E-state index contributed by atoms with van der Waals surface area (Å²) in [5.41, 5.74) is -1.71. The van der Waals surface area contributed by atoms with Gasteiger partial charge in [0, 0.05) is 0 Å². The van der Waals surface area contributed by atoms with Crippen LogP contribution in [-0.4, -0.2) is 22.3 Å². The molecule has 1 fully saturated rings. The zero-order valence-electron chi connectivity index (χ0n) is 8.97. The van der Waals surface area contributed by atoms with Crippen molar-refractivity contribution >= 4 is 5.97 Å². The third-order valence-corrected chi connectivity index (χ3v) is 3.11. The molecule has 0 bridgehead atoms. The molecular weight excluding hydrogens is 168 g/mol. The van der Waals surface area contributed by atoms with Gasteiger partial charge in [-0.2, -0.15) is 0 Å². The molecule has 1 rings (SSSR count). The summed E-state index contributed by atoms with van der Waals surface area (Å²) < 4.78 is 5.73. The highest BCUT2D eigenvalue weighted by Crippen LogP contribution is 2.50. The Morgan fingerprint density at radius 3 is 1.85 bits per heavy atom. The van der Waals surface area contributed by atoms with Gasteiger partial charge < -0.3 is 9.84 Å². The van der Waals surface area contributed by atoms with E-state index in [0.29, 0.717) is 6.42 Å². The van der Waals surface area contributed by atoms with E-state index < -0.39 is 17.0 Å². The van der Waals surface area contributed by atoms with Crippen LogP contribution in [0.15, 0.2) is 0 Å². The van der Waals surface area contributed by atoms with Crippen molar-refractivity contribution in [1.82, 2.24) is 0 Å². The molecule has 1 saturated heterocycles. The fourth-order valence-electron chi connectivity index (χ4n) is 2.24. The van der Waals surface area contributed by atoms with Gasteiger partial charge >= 0.3 is 5.97 Å². The summed E-state index contributed by atoms with van der Waals surface area (Å²) in [6.45, 7) is 9.31. The van der Waals surface area contributed by atoms with Gasteiger partial charge in [0.2, 0.25) is 0 Å². The van der Waals surface area contributed by atoms with E-state index in [2.05, 4.69) is 0 Å². The molecule has 0 aromatic rings. The van der Waals surface area contributed by atoms with Crippen LogP contribution in [0.1, 0.15) is 41.0 Å². The van der Waals surface area contributed by atoms with Gasteiger partial charge in [0.25, 0.3) is 0 Å². The second-order valence-electron chi connectivity index (χ2n) is 5.19. The lowest BCUT2D eigenvalue weighted by Gasteiger charge is -2.32. The molecule has 1 atom stereocenters. The Kier molecular flexibility index (Phi) is 2.00. The van der Waals surface area contributed by atoms with E-state index >= 15 is 0 Å². The van der Waals surface area contributed by atoms with Crippen molar-refractivity contribution in [2.45, 2.75) is 52.2 Å². The molecule has 0 amide bonds. The molecule has 1 heterocycles. The second kappa shape index (κ2) is 2.47. The Labute approximate surface area is 79.1 Å². The third-order valence-electron chi connectivity index (χ3n) is 3.11. The predicted molar refractivity (Wildman–Crippen MR) is 49.6 cm³/mol. The first-order valence-corrected chi connectivity index (χ1v) is 4.54. The summed E-state index contributed by atoms with van der Waals surface area (Å²) in [6.07, 6.45) is 0.558. The average molecular weight is 186 g/mol. The smallest absolute Gasteiger partial charge is 0.312 e. The molecule has 0 aromatic carbocycles. The van der Waals surface area contributed by atoms with E-state index in [4.69, 9.17) is 9.84 Å². The van der Waals surface area contributed by atoms with Gasteiger partial charge in [-0.25, -0.2) is 0 Å². The molecule has 1 N–H and O–H groups in total. The summed E-state index contributed by atoms with van der Waals surface area (Å²) in [5.74, 6) is -0.775. The van der Waals surface area contributed by atoms with E-state index in [-0.39, 0.29) is 5.60 Å². The van der Waals surface area contributed by atoms with Gasteiger partial charge in [-0.1, -0.05) is 0 Å². The van der Waals surface area contributed by atoms with Crippen LogP contribution in [0.4, 0.5) is 0 Å². The number of aliphatic carboxylic acids is 1. The van der Waals surface area contributed by atoms with Crippen LogP contribution in [0.5, 0.6) is 0 Å². The number of carboxylic acid groups (broad SMARTS) is 1. The van der Waals surface area contributed by atoms with Crippen LogP contribution < -0.4 is 0 Å². The first-order valence-electron chi connectivity index (χ1n) is 4.54. The molecule has 1 aliphatic heterocycles. The maximum absolute atomic E-state index is 11.1. The van der Waals surface area contributed by atoms with E-state index in [1.54, 1.807) is 6.92 Å². The van der Waals surface area contributed by atoms with Gasteiger partial charge in [-0.05, 0) is 41.0 Å². The minimum Gasteiger partial charge on any atom is -0.481 e. The molecular formula is C10H18O3. The molecule has 0 aliphatic carbocycles. The maximum atomic E-state index is 11.1. The van der Waals surface area contributed by atoms with Crippen molar-refractivity contribution in [3.05, 3.63) is 0 Å². The lowest BCUT2D eigenvalue weighted by atomic mass is 9.73. The van der Waals surface area contributed by atoms with E-state index in [0.717, 1.165) is 0 Å². The molecule has 3 heteroatoms. The van der Waals surface area contributed by atoms with E-state index in [9.17, 15) is 4.79 Å². The topological polar surface area (TPSA) is 46.5 Å². The van der Waals surface area contributed by atoms with Crippen LogP contribution in [-0.2, 0) is 9.53 Å². The molecule has 0 aromatic heterocycles. The molecule has 0 unspecified atom stereocenters. The molecule has 76 valence electrons. The monoisotopic (exact) mass is 186 g/mol. The van der Waals surface area contributed by atoms with Gasteiger partial charge in [-0.15, -0.1) is 0 Å². The maximum Gasteiger partial charge on any atom is 0.312 e. The van der Waals surface area contributed by atoms with Crippen LogP contribution in [0, 0.1) is 5.41 Å². The molecule has 13 heavy (non-hydrogen) atoms. The van der Waals surface area contributed by atoms with E-state index in [1.165, 1.54) is 0 Å². The van der Waals surface area contributed by atoms with Crippen molar-refractivity contribution < 1.29 is 14.6 Å². The van der Waals surface area contributed by atoms with Crippen LogP contribution >= 0.6 is 0 Å². The molecule has 0 radical (unpaired) electrons. The minimum absolute atomic E-state index is 0.337. The number of carbonyl (C=O) groups is 1. The highest BCUT2D eigenvalue weighted by atomic mass is 16.5. The number of carboxylic acids is 1. The van der Waals surface area contributed by atoms with Crippen LogP contribution in [0.25, 0.3) is 0 Å². The Hall–Kier alpha value is -0.570. The Morgan fingerprint density at radius 2 is 1.69 bits per heavy atom. The number of ether oxygens (including phenoxy) is 1. The first kappa shape index (κ1) is 10.5. The van der Waals surface area contributed by atoms with Crippen molar-refractivity contribution in [3.8, 4) is 0 Å². The zero-order valence-corrected chi connectivity index (χ0v) is 8.97. The SMILES string of the molecule is CC1(C)C[C@@](C)(C(=O)O)C(C)(C)O1. The highest BCUT2D eigenvalue weighted by Gasteiger charge is 2.58. The van der Waals surface area contributed by atoms with E-state index in [1.807, 2.05) is 27.7 Å². The number of hydrogen-bond donors (Lipinski definition) is 1. The number of rotatable bonds is 1. The third kappa shape index (κ3) is 1.46. The van der Waals surface area contributed by atoms with Gasteiger partial charge in [0.15, 0.2) is 0 Å². The summed E-state index contributed by atoms with van der Waals surface area (Å²) in [7, 11) is 0. The summed E-state index contributed by atoms with van der Waals surface area (Å²) in [5, 5.41) is 9.16. The first-order chi connectivity index (χ1) is 5.61. The average Bonchev–Trinajstić information content (AvgIpc) is 1.97. The second-order valence-corrected chi connectivity index (χ2v) is 5.19. The van der Waals surface area contributed by atoms with Crippen LogP contribution in [0.2, 0.25) is 0 Å². The zero-order chi connectivity index (χ0) is 10.5. The van der Waals surface area contributed by atoms with Gasteiger partial charge in [-0.3, -0.25) is 4.79 Å². The van der Waals surface area contributed by atoms with Gasteiger partial charge in [0.05, 0.1) is 16.6 Å². The molecule has 1 aliphatic rings. The van der Waals surface area contributed by atoms with Crippen molar-refractivity contribution in [1.29, 1.82) is 0 Å². The Bertz CT molecular complexity index is 243. The Balaban J connectivity index is 3.07. The summed E-state index contributed by atoms with van der Waals surface area (Å²) >= 11 is 0. The predicted octanol–water partition coefficient (Wildman–Crippen LogP) is 2.05. The van der Waals surface area contributed by atoms with Crippen molar-refractivity contribution in [2.24, 2.45) is 5.41 Å². The van der Waals surface area contributed by atoms with Gasteiger partial charge in [0.1, 0.15) is 0 Å². The molecule has 3 nitrogen and oxygen atoms in total. The normalized spacial score (nSPS) is 36.1. The largest absolute Gasteiger partial charge is 0.481 e. The summed E-state index contributed by atoms with van der Waals surface area (Å²) in [6, 6.07) is 0. The number of hydrogen-bond acceptors (Lipinski definition) is 2. The minimum atomic E-state index is -0.781. The van der Waals surface area contributed by atoms with Crippen molar-refractivity contribution in [3.63, 3.8) is 0 Å². The molecule has 0 spiro atoms. The fourth-order valence-corrected chi connectivity index (χ4v) is 2.24. The summed E-state index contributed by atoms with van der Waals surface area (Å²) in [4.78, 5) is 11.1.